The quantitative estimate of drug-likeness (QED) is 0.758. The number of hydrogen-bond donors (Lipinski definition) is 1. The minimum Gasteiger partial charge on any atom is -0.302 e. The van der Waals surface area contributed by atoms with Crippen molar-refractivity contribution in [1.82, 2.24) is 15.3 Å². The molecule has 1 rings (SSSR count). The highest BCUT2D eigenvalue weighted by molar-refractivity contribution is 5.27. The highest BCUT2D eigenvalue weighted by Gasteiger charge is 2.16. The van der Waals surface area contributed by atoms with Gasteiger partial charge in [0.1, 0.15) is 0 Å². The maximum absolute atomic E-state index is 5.22. The molecule has 1 N–H and O–H groups in total. The number of hydrogen-bond acceptors (Lipinski definition) is 3. The number of nitrogens with zero attached hydrogens (tertiary/aromatic N) is 2. The molecule has 0 amide bonds. The van der Waals surface area contributed by atoms with Crippen molar-refractivity contribution >= 4 is 0 Å². The van der Waals surface area contributed by atoms with Crippen LogP contribution in [0.4, 0.5) is 0 Å². The van der Waals surface area contributed by atoms with Crippen molar-refractivity contribution in [3.8, 4) is 0 Å². The first-order valence-corrected chi connectivity index (χ1v) is 5.53. The molecule has 1 heterocycles. The first kappa shape index (κ1) is 12.2. The number of hydroxylamine groups is 1. The molecule has 86 valence electrons. The fourth-order valence-corrected chi connectivity index (χ4v) is 1.91. The van der Waals surface area contributed by atoms with Gasteiger partial charge in [0.2, 0.25) is 0 Å². The Morgan fingerprint density at radius 1 is 1.40 bits per heavy atom. The lowest BCUT2D eigenvalue weighted by Crippen LogP contribution is -2.20. The SMILES string of the molecule is CCONC(C)c1c(C)nn(CC)c1C. The van der Waals surface area contributed by atoms with E-state index >= 15 is 0 Å². The zero-order chi connectivity index (χ0) is 11.4. The Bertz CT molecular complexity index is 320. The summed E-state index contributed by atoms with van der Waals surface area (Å²) in [4.78, 5) is 5.22. The van der Waals surface area contributed by atoms with Gasteiger partial charge in [-0.2, -0.15) is 10.6 Å². The largest absolute Gasteiger partial charge is 0.302 e. The molecule has 15 heavy (non-hydrogen) atoms. The molecule has 1 aromatic heterocycles. The van der Waals surface area contributed by atoms with Crippen LogP contribution in [0.3, 0.4) is 0 Å². The summed E-state index contributed by atoms with van der Waals surface area (Å²) in [6.07, 6.45) is 0. The van der Waals surface area contributed by atoms with E-state index in [2.05, 4.69) is 31.3 Å². The first-order chi connectivity index (χ1) is 7.11. The smallest absolute Gasteiger partial charge is 0.0654 e. The van der Waals surface area contributed by atoms with Crippen molar-refractivity contribution in [2.45, 2.75) is 47.2 Å². The van der Waals surface area contributed by atoms with E-state index in [0.29, 0.717) is 6.61 Å². The molecule has 0 radical (unpaired) electrons. The fourth-order valence-electron chi connectivity index (χ4n) is 1.91. The fraction of sp³-hybridized carbons (Fsp3) is 0.727. The molecule has 0 aliphatic rings. The zero-order valence-electron chi connectivity index (χ0n) is 10.3. The summed E-state index contributed by atoms with van der Waals surface area (Å²) in [5, 5.41) is 4.48. The van der Waals surface area contributed by atoms with E-state index < -0.39 is 0 Å². The average molecular weight is 211 g/mol. The van der Waals surface area contributed by atoms with Crippen molar-refractivity contribution in [3.63, 3.8) is 0 Å². The molecular formula is C11H21N3O. The van der Waals surface area contributed by atoms with Crippen LogP contribution in [-0.4, -0.2) is 16.4 Å². The van der Waals surface area contributed by atoms with Crippen molar-refractivity contribution in [2.75, 3.05) is 6.61 Å². The summed E-state index contributed by atoms with van der Waals surface area (Å²) in [5.41, 5.74) is 6.55. The summed E-state index contributed by atoms with van der Waals surface area (Å²) in [5.74, 6) is 0. The molecule has 1 atom stereocenters. The van der Waals surface area contributed by atoms with Crippen molar-refractivity contribution in [1.29, 1.82) is 0 Å². The van der Waals surface area contributed by atoms with Gasteiger partial charge in [-0.15, -0.1) is 0 Å². The van der Waals surface area contributed by atoms with Gasteiger partial charge in [0.05, 0.1) is 18.3 Å². The van der Waals surface area contributed by atoms with Crippen molar-refractivity contribution in [2.24, 2.45) is 0 Å². The molecule has 0 aliphatic heterocycles. The van der Waals surface area contributed by atoms with Crippen LogP contribution >= 0.6 is 0 Å². The topological polar surface area (TPSA) is 39.1 Å². The third-order valence-electron chi connectivity index (χ3n) is 2.57. The van der Waals surface area contributed by atoms with Gasteiger partial charge < -0.3 is 4.84 Å². The second kappa shape index (κ2) is 5.28. The molecule has 0 spiro atoms. The van der Waals surface area contributed by atoms with Gasteiger partial charge in [0.25, 0.3) is 0 Å². The third kappa shape index (κ3) is 2.58. The molecule has 0 bridgehead atoms. The monoisotopic (exact) mass is 211 g/mol. The average Bonchev–Trinajstić information content (AvgIpc) is 2.50. The van der Waals surface area contributed by atoms with Crippen LogP contribution in [0.25, 0.3) is 0 Å². The van der Waals surface area contributed by atoms with E-state index in [9.17, 15) is 0 Å². The predicted octanol–water partition coefficient (Wildman–Crippen LogP) is 2.12. The van der Waals surface area contributed by atoms with E-state index in [0.717, 1.165) is 12.2 Å². The second-order valence-corrected chi connectivity index (χ2v) is 3.67. The van der Waals surface area contributed by atoms with Crippen LogP contribution in [0.5, 0.6) is 0 Å². The maximum Gasteiger partial charge on any atom is 0.0654 e. The van der Waals surface area contributed by atoms with Crippen LogP contribution < -0.4 is 5.48 Å². The number of aromatic nitrogens is 2. The van der Waals surface area contributed by atoms with Gasteiger partial charge in [-0.25, -0.2) is 0 Å². The molecule has 1 aromatic rings. The molecule has 0 aromatic carbocycles. The molecule has 4 nitrogen and oxygen atoms in total. The van der Waals surface area contributed by atoms with Gasteiger partial charge in [0.15, 0.2) is 0 Å². The first-order valence-electron chi connectivity index (χ1n) is 5.53. The Balaban J connectivity index is 2.87. The molecule has 0 aliphatic carbocycles. The molecule has 0 saturated heterocycles. The third-order valence-corrected chi connectivity index (χ3v) is 2.57. The Labute approximate surface area is 91.6 Å². The summed E-state index contributed by atoms with van der Waals surface area (Å²) >= 11 is 0. The summed E-state index contributed by atoms with van der Waals surface area (Å²) in [6.45, 7) is 11.9. The second-order valence-electron chi connectivity index (χ2n) is 3.67. The Morgan fingerprint density at radius 3 is 2.53 bits per heavy atom. The van der Waals surface area contributed by atoms with Crippen LogP contribution in [0.1, 0.15) is 43.8 Å². The lowest BCUT2D eigenvalue weighted by atomic mass is 10.1. The van der Waals surface area contributed by atoms with E-state index in [1.54, 1.807) is 0 Å². The summed E-state index contributed by atoms with van der Waals surface area (Å²) in [7, 11) is 0. The standard InChI is InChI=1S/C11H21N3O/c1-6-14-10(5)11(8(3)12-14)9(4)13-15-7-2/h9,13H,6-7H2,1-5H3. The van der Waals surface area contributed by atoms with E-state index in [1.807, 2.05) is 18.5 Å². The number of aryl methyl sites for hydroxylation is 2. The summed E-state index contributed by atoms with van der Waals surface area (Å²) in [6, 6.07) is 0.185. The lowest BCUT2D eigenvalue weighted by Gasteiger charge is -2.13. The summed E-state index contributed by atoms with van der Waals surface area (Å²) < 4.78 is 2.02. The molecule has 0 fully saturated rings. The zero-order valence-corrected chi connectivity index (χ0v) is 10.3. The highest BCUT2D eigenvalue weighted by atomic mass is 16.6. The molecule has 4 heteroatoms. The number of rotatable bonds is 5. The van der Waals surface area contributed by atoms with Crippen LogP contribution in [0.2, 0.25) is 0 Å². The molecule has 1 unspecified atom stereocenters. The van der Waals surface area contributed by atoms with E-state index in [-0.39, 0.29) is 6.04 Å². The molecular weight excluding hydrogens is 190 g/mol. The minimum absolute atomic E-state index is 0.185. The lowest BCUT2D eigenvalue weighted by molar-refractivity contribution is 0.0282. The highest BCUT2D eigenvalue weighted by Crippen LogP contribution is 2.21. The predicted molar refractivity (Wildman–Crippen MR) is 60.6 cm³/mol. The Morgan fingerprint density at radius 2 is 2.07 bits per heavy atom. The van der Waals surface area contributed by atoms with Crippen LogP contribution in [0, 0.1) is 13.8 Å². The Kier molecular flexibility index (Phi) is 4.29. The normalized spacial score (nSPS) is 13.1. The van der Waals surface area contributed by atoms with Gasteiger partial charge in [-0.1, -0.05) is 0 Å². The molecule has 0 saturated carbocycles. The van der Waals surface area contributed by atoms with Gasteiger partial charge in [-0.05, 0) is 34.6 Å². The maximum atomic E-state index is 5.22. The van der Waals surface area contributed by atoms with Crippen LogP contribution in [0.15, 0.2) is 0 Å². The van der Waals surface area contributed by atoms with Gasteiger partial charge in [0, 0.05) is 17.8 Å². The van der Waals surface area contributed by atoms with Crippen molar-refractivity contribution < 1.29 is 4.84 Å². The Hall–Kier alpha value is -0.870. The van der Waals surface area contributed by atoms with Crippen molar-refractivity contribution in [3.05, 3.63) is 17.0 Å². The van der Waals surface area contributed by atoms with E-state index in [1.165, 1.54) is 11.3 Å². The van der Waals surface area contributed by atoms with Gasteiger partial charge >= 0.3 is 0 Å². The van der Waals surface area contributed by atoms with Crippen LogP contribution in [-0.2, 0) is 11.4 Å². The van der Waals surface area contributed by atoms with E-state index in [4.69, 9.17) is 4.84 Å². The van der Waals surface area contributed by atoms with Gasteiger partial charge in [-0.3, -0.25) is 4.68 Å². The minimum atomic E-state index is 0.185. The number of nitrogens with one attached hydrogen (secondary N) is 1.